The highest BCUT2D eigenvalue weighted by Gasteiger charge is 2.18. The molecule has 5 rings (SSSR count). The van der Waals surface area contributed by atoms with Gasteiger partial charge in [0.15, 0.2) is 0 Å². The number of nitrogens with zero attached hydrogens (tertiary/aromatic N) is 3. The van der Waals surface area contributed by atoms with E-state index in [4.69, 9.17) is 4.74 Å². The van der Waals surface area contributed by atoms with Gasteiger partial charge in [-0.3, -0.25) is 14.6 Å². The zero-order valence-electron chi connectivity index (χ0n) is 22.7. The number of rotatable bonds is 8. The van der Waals surface area contributed by atoms with Gasteiger partial charge >= 0.3 is 0 Å². The summed E-state index contributed by atoms with van der Waals surface area (Å²) in [6.45, 7) is 4.98. The van der Waals surface area contributed by atoms with Gasteiger partial charge in [-0.15, -0.1) is 0 Å². The molecule has 0 atom stereocenters. The van der Waals surface area contributed by atoms with Crippen molar-refractivity contribution in [3.05, 3.63) is 71.4 Å². The number of carbonyl (C=O) groups is 2. The summed E-state index contributed by atoms with van der Waals surface area (Å²) in [5, 5.41) is 8.98. The van der Waals surface area contributed by atoms with Crippen molar-refractivity contribution in [3.8, 4) is 0 Å². The molecule has 2 aliphatic rings. The van der Waals surface area contributed by atoms with Crippen LogP contribution in [0.25, 0.3) is 0 Å². The van der Waals surface area contributed by atoms with Crippen molar-refractivity contribution in [1.29, 1.82) is 0 Å². The lowest BCUT2D eigenvalue weighted by atomic mass is 9.89. The first kappa shape index (κ1) is 27.5. The fourth-order valence-corrected chi connectivity index (χ4v) is 5.15. The maximum absolute atomic E-state index is 14.4. The Hall–Kier alpha value is -4.05. The van der Waals surface area contributed by atoms with E-state index in [1.54, 1.807) is 31.3 Å². The molecule has 2 aromatic heterocycles. The second-order valence-electron chi connectivity index (χ2n) is 10.4. The predicted octanol–water partition coefficient (Wildman–Crippen LogP) is 5.26. The highest BCUT2D eigenvalue weighted by atomic mass is 19.1. The van der Waals surface area contributed by atoms with Crippen LogP contribution in [0.3, 0.4) is 0 Å². The maximum atomic E-state index is 14.4. The maximum Gasteiger partial charge on any atom is 0.257 e. The molecule has 1 saturated carbocycles. The van der Waals surface area contributed by atoms with Crippen molar-refractivity contribution in [1.82, 2.24) is 9.97 Å². The number of aromatic nitrogens is 2. The molecule has 10 heteroatoms. The Balaban J connectivity index is 1.21. The van der Waals surface area contributed by atoms with E-state index in [0.29, 0.717) is 60.5 Å². The number of anilines is 4. The number of aryl methyl sites for hydroxylation is 1. The molecule has 2 amide bonds. The number of pyridine rings is 2. The molecule has 1 aliphatic carbocycles. The third-order valence-electron chi connectivity index (χ3n) is 7.43. The van der Waals surface area contributed by atoms with Gasteiger partial charge in [0.2, 0.25) is 0 Å². The molecule has 210 valence electrons. The van der Waals surface area contributed by atoms with E-state index in [0.717, 1.165) is 12.4 Å². The molecule has 0 unspecified atom stereocenters. The summed E-state index contributed by atoms with van der Waals surface area (Å²) in [6.07, 6.45) is 9.52. The van der Waals surface area contributed by atoms with Crippen molar-refractivity contribution < 1.29 is 18.7 Å². The molecular weight excluding hydrogens is 511 g/mol. The van der Waals surface area contributed by atoms with E-state index in [2.05, 4.69) is 25.9 Å². The fourth-order valence-electron chi connectivity index (χ4n) is 5.15. The van der Waals surface area contributed by atoms with E-state index in [-0.39, 0.29) is 11.5 Å². The van der Waals surface area contributed by atoms with Crippen LogP contribution in [-0.2, 0) is 4.74 Å². The van der Waals surface area contributed by atoms with Crippen molar-refractivity contribution in [2.75, 3.05) is 53.7 Å². The van der Waals surface area contributed by atoms with Crippen molar-refractivity contribution in [3.63, 3.8) is 0 Å². The van der Waals surface area contributed by atoms with Crippen LogP contribution in [0.5, 0.6) is 0 Å². The van der Waals surface area contributed by atoms with E-state index in [1.165, 1.54) is 50.4 Å². The molecule has 3 aromatic rings. The van der Waals surface area contributed by atoms with Crippen LogP contribution in [0.2, 0.25) is 0 Å². The fraction of sp³-hybridized carbons (Fsp3) is 0.400. The van der Waals surface area contributed by atoms with Gasteiger partial charge in [0.25, 0.3) is 11.8 Å². The second-order valence-corrected chi connectivity index (χ2v) is 10.4. The highest BCUT2D eigenvalue weighted by molar-refractivity contribution is 6.08. The highest BCUT2D eigenvalue weighted by Crippen LogP contribution is 2.24. The molecule has 3 heterocycles. The number of halogens is 1. The van der Waals surface area contributed by atoms with Crippen LogP contribution in [-0.4, -0.2) is 54.6 Å². The van der Waals surface area contributed by atoms with Gasteiger partial charge < -0.3 is 25.6 Å². The Morgan fingerprint density at radius 3 is 2.45 bits per heavy atom. The lowest BCUT2D eigenvalue weighted by Crippen LogP contribution is -2.36. The monoisotopic (exact) mass is 546 g/mol. The number of nitrogens with one attached hydrogen (secondary N) is 3. The first-order chi connectivity index (χ1) is 19.4. The van der Waals surface area contributed by atoms with Crippen LogP contribution >= 0.6 is 0 Å². The normalized spacial score (nSPS) is 15.9. The summed E-state index contributed by atoms with van der Waals surface area (Å²) in [7, 11) is 0. The predicted molar refractivity (Wildman–Crippen MR) is 154 cm³/mol. The number of carbonyl (C=O) groups excluding carboxylic acids is 2. The number of hydrogen-bond acceptors (Lipinski definition) is 7. The molecule has 9 nitrogen and oxygen atoms in total. The Morgan fingerprint density at radius 2 is 1.70 bits per heavy atom. The van der Waals surface area contributed by atoms with Crippen molar-refractivity contribution in [2.24, 2.45) is 5.92 Å². The number of morpholine rings is 1. The summed E-state index contributed by atoms with van der Waals surface area (Å²) in [5.74, 6) is 0.101. The molecule has 0 radical (unpaired) electrons. The second kappa shape index (κ2) is 12.9. The molecule has 0 bridgehead atoms. The molecule has 1 aromatic carbocycles. The van der Waals surface area contributed by atoms with E-state index in [1.807, 2.05) is 11.0 Å². The summed E-state index contributed by atoms with van der Waals surface area (Å²) in [4.78, 5) is 36.7. The minimum absolute atomic E-state index is 0.177. The van der Waals surface area contributed by atoms with E-state index in [9.17, 15) is 14.0 Å². The first-order valence-electron chi connectivity index (χ1n) is 13.9. The smallest absolute Gasteiger partial charge is 0.257 e. The van der Waals surface area contributed by atoms with E-state index >= 15 is 0 Å². The zero-order valence-corrected chi connectivity index (χ0v) is 22.7. The Labute approximate surface area is 233 Å². The lowest BCUT2D eigenvalue weighted by molar-refractivity contribution is 0.101. The van der Waals surface area contributed by atoms with Crippen LogP contribution in [0.15, 0.2) is 48.8 Å². The number of benzene rings is 1. The number of hydrogen-bond donors (Lipinski definition) is 3. The lowest BCUT2D eigenvalue weighted by Gasteiger charge is -2.29. The van der Waals surface area contributed by atoms with Gasteiger partial charge in [-0.2, -0.15) is 0 Å². The van der Waals surface area contributed by atoms with Gasteiger partial charge in [-0.1, -0.05) is 19.3 Å². The molecule has 3 N–H and O–H groups in total. The summed E-state index contributed by atoms with van der Waals surface area (Å²) in [5.41, 5.74) is 2.51. The average Bonchev–Trinajstić information content (AvgIpc) is 2.98. The van der Waals surface area contributed by atoms with Gasteiger partial charge in [0.1, 0.15) is 11.6 Å². The topological polar surface area (TPSA) is 108 Å². The molecule has 40 heavy (non-hydrogen) atoms. The average molecular weight is 547 g/mol. The van der Waals surface area contributed by atoms with E-state index < -0.39 is 11.7 Å². The molecule has 1 aliphatic heterocycles. The van der Waals surface area contributed by atoms with Gasteiger partial charge in [-0.05, 0) is 62.1 Å². The molecular formula is C30H35FN6O3. The minimum atomic E-state index is -0.500. The largest absolute Gasteiger partial charge is 0.378 e. The third-order valence-corrected chi connectivity index (χ3v) is 7.43. The van der Waals surface area contributed by atoms with Crippen LogP contribution in [0.1, 0.15) is 58.5 Å². The van der Waals surface area contributed by atoms with Crippen LogP contribution in [0, 0.1) is 18.7 Å². The standard InChI is InChI=1S/C30H35FN6O3/c1-20-27(30(39)35-24-7-8-28(34-18-24)33-17-21-5-3-2-4-6-21)16-25(19-32-20)36-29(38)22-13-23(31)15-26(14-22)37-9-11-40-12-10-37/h7-8,13-16,18-19,21H,2-6,9-12,17H2,1H3,(H,33,34)(H,35,39)(H,36,38). The number of ether oxygens (including phenoxy) is 1. The summed E-state index contributed by atoms with van der Waals surface area (Å²) < 4.78 is 19.7. The Bertz CT molecular complexity index is 1340. The summed E-state index contributed by atoms with van der Waals surface area (Å²) in [6, 6.07) is 9.47. The minimum Gasteiger partial charge on any atom is -0.378 e. The SMILES string of the molecule is Cc1ncc(NC(=O)c2cc(F)cc(N3CCOCC3)c2)cc1C(=O)Nc1ccc(NCC2CCCCC2)nc1. The van der Waals surface area contributed by atoms with Crippen LogP contribution < -0.4 is 20.9 Å². The quantitative estimate of drug-likeness (QED) is 0.354. The van der Waals surface area contributed by atoms with Crippen molar-refractivity contribution >= 4 is 34.7 Å². The van der Waals surface area contributed by atoms with Gasteiger partial charge in [-0.25, -0.2) is 9.37 Å². The molecule has 1 saturated heterocycles. The third kappa shape index (κ3) is 7.12. The van der Waals surface area contributed by atoms with Gasteiger partial charge in [0.05, 0.1) is 48.2 Å². The summed E-state index contributed by atoms with van der Waals surface area (Å²) >= 11 is 0. The zero-order chi connectivity index (χ0) is 27.9. The first-order valence-corrected chi connectivity index (χ1v) is 13.9. The Kier molecular flexibility index (Phi) is 8.85. The van der Waals surface area contributed by atoms with Crippen molar-refractivity contribution in [2.45, 2.75) is 39.0 Å². The number of amides is 2. The van der Waals surface area contributed by atoms with Crippen LogP contribution in [0.4, 0.5) is 27.3 Å². The van der Waals surface area contributed by atoms with Gasteiger partial charge in [0, 0.05) is 30.9 Å². The molecule has 2 fully saturated rings. The Morgan fingerprint density at radius 1 is 0.950 bits per heavy atom. The molecule has 0 spiro atoms.